The van der Waals surface area contributed by atoms with Crippen LogP contribution in [0.2, 0.25) is 0 Å². The number of aliphatic hydroxyl groups is 1. The van der Waals surface area contributed by atoms with Gasteiger partial charge in [-0.15, -0.1) is 0 Å². The smallest absolute Gasteiger partial charge is 0.343 e. The highest BCUT2D eigenvalue weighted by molar-refractivity contribution is 6.01. The molecule has 3 aromatic heterocycles. The number of carbonyl (C=O) groups excluding carboxylic acids is 8. The monoisotopic (exact) mass is 1360 g/mol. The Labute approximate surface area is 571 Å². The number of cyclic esters (lactones) is 1. The van der Waals surface area contributed by atoms with Crippen molar-refractivity contribution in [2.24, 2.45) is 23.0 Å². The standard InChI is InChI=1S/C72H86FN13O13/c1-5-72(96)49-32-55-63-47(36-86(55)69(94)48(49)37-99-70(72)95)61-51(18-17-44-41(4)50(73)33-53(78-63)60(44)61)77-57(88)34-76-67(92)52(15-10-11-26-74)79-68(93)62(40(2)3)80-56(87)22-28-97-30-31-98-29-23-58(89)84-38-71(39-84)24-19-42(20-25-71)66(91)75-27-21-59(90)85-35-43-12-6-7-13-45(43)64-65(82-83-81-64)46-14-8-9-16-54(46)85/h6-9,12-14,16,32-33,40,42,51-52,62,96H,5,10-11,15,17-31,34-39,74H2,1-4H3,(H,75,91)(H,76,92)(H,77,88)(H,79,93)(H,80,87)(H,81,82,83)/t51-,52-,62-,72-/m0/s1. The van der Waals surface area contributed by atoms with Crippen molar-refractivity contribution >= 4 is 63.9 Å². The van der Waals surface area contributed by atoms with Crippen LogP contribution in [0.5, 0.6) is 0 Å². The molecule has 4 aliphatic heterocycles. The number of aromatic amines is 1. The van der Waals surface area contributed by atoms with Crippen molar-refractivity contribution in [3.05, 3.63) is 116 Å². The highest BCUT2D eigenvalue weighted by Gasteiger charge is 2.49. The molecule has 7 heterocycles. The van der Waals surface area contributed by atoms with Crippen LogP contribution in [0.1, 0.15) is 143 Å². The van der Waals surface area contributed by atoms with Crippen molar-refractivity contribution in [3.8, 4) is 33.9 Å². The number of fused-ring (bicyclic) bond motifs is 10. The van der Waals surface area contributed by atoms with E-state index < -0.39 is 71.2 Å². The van der Waals surface area contributed by atoms with E-state index in [2.05, 4.69) is 42.0 Å². The average Bonchev–Trinajstić information content (AvgIpc) is 1.61. The average molecular weight is 1360 g/mol. The van der Waals surface area contributed by atoms with Crippen LogP contribution in [0.15, 0.2) is 65.5 Å². The summed E-state index contributed by atoms with van der Waals surface area (Å²) in [5.41, 5.74) is 11.7. The first-order valence-corrected chi connectivity index (χ1v) is 34.5. The zero-order chi connectivity index (χ0) is 69.9. The molecule has 9 N–H and O–H groups in total. The van der Waals surface area contributed by atoms with Gasteiger partial charge in [0.15, 0.2) is 5.60 Å². The largest absolute Gasteiger partial charge is 0.458 e. The number of hydrogen-bond acceptors (Lipinski definition) is 17. The van der Waals surface area contributed by atoms with Gasteiger partial charge in [-0.3, -0.25) is 38.4 Å². The summed E-state index contributed by atoms with van der Waals surface area (Å²) in [6.45, 7) is 8.78. The number of amides is 7. The molecule has 0 unspecified atom stereocenters. The predicted molar refractivity (Wildman–Crippen MR) is 361 cm³/mol. The van der Waals surface area contributed by atoms with E-state index in [4.69, 9.17) is 24.9 Å². The molecule has 6 aliphatic rings. The number of nitrogens with two attached hydrogens (primary N) is 1. The summed E-state index contributed by atoms with van der Waals surface area (Å²) in [6.07, 6.45) is 5.21. The highest BCUT2D eigenvalue weighted by Crippen LogP contribution is 2.48. The maximum atomic E-state index is 15.5. The van der Waals surface area contributed by atoms with Crippen molar-refractivity contribution in [2.75, 3.05) is 64.1 Å². The van der Waals surface area contributed by atoms with Gasteiger partial charge in [-0.05, 0) is 118 Å². The predicted octanol–water partition coefficient (Wildman–Crippen LogP) is 4.84. The van der Waals surface area contributed by atoms with E-state index in [9.17, 15) is 48.3 Å². The molecule has 99 heavy (non-hydrogen) atoms. The van der Waals surface area contributed by atoms with E-state index in [-0.39, 0.29) is 124 Å². The number of nitrogens with zero attached hydrogens (tertiary/aromatic N) is 6. The molecule has 2 aliphatic carbocycles. The fourth-order valence-electron chi connectivity index (χ4n) is 15.0. The molecule has 2 fully saturated rings. The van der Waals surface area contributed by atoms with Gasteiger partial charge in [0.1, 0.15) is 35.9 Å². The van der Waals surface area contributed by atoms with Crippen molar-refractivity contribution in [3.63, 3.8) is 0 Å². The molecule has 1 saturated heterocycles. The van der Waals surface area contributed by atoms with Crippen LogP contribution >= 0.6 is 0 Å². The Kier molecular flexibility index (Phi) is 20.8. The summed E-state index contributed by atoms with van der Waals surface area (Å²) < 4.78 is 33.6. The molecule has 524 valence electrons. The van der Waals surface area contributed by atoms with Gasteiger partial charge in [-0.1, -0.05) is 63.2 Å². The Morgan fingerprint density at radius 1 is 0.808 bits per heavy atom. The fraction of sp³-hybridized carbons (Fsp3) is 0.500. The van der Waals surface area contributed by atoms with Crippen molar-refractivity contribution in [2.45, 2.75) is 155 Å². The number of likely N-dealkylation sites (tertiary alicyclic amines) is 1. The number of H-pyrrole nitrogens is 1. The van der Waals surface area contributed by atoms with Gasteiger partial charge >= 0.3 is 5.97 Å². The van der Waals surface area contributed by atoms with Crippen LogP contribution < -0.4 is 42.8 Å². The lowest BCUT2D eigenvalue weighted by molar-refractivity contribution is -0.172. The molecule has 12 rings (SSSR count). The minimum atomic E-state index is -2.06. The number of para-hydroxylation sites is 1. The second kappa shape index (κ2) is 29.6. The minimum absolute atomic E-state index is 0.0114. The fourth-order valence-corrected chi connectivity index (χ4v) is 15.0. The van der Waals surface area contributed by atoms with Crippen LogP contribution in [0, 0.1) is 30.0 Å². The lowest BCUT2D eigenvalue weighted by Crippen LogP contribution is -2.60. The van der Waals surface area contributed by atoms with Crippen molar-refractivity contribution in [1.29, 1.82) is 0 Å². The third-order valence-electron chi connectivity index (χ3n) is 20.6. The Morgan fingerprint density at radius 3 is 2.26 bits per heavy atom. The van der Waals surface area contributed by atoms with Gasteiger partial charge in [-0.25, -0.2) is 14.2 Å². The number of ether oxygens (including phenoxy) is 3. The number of pyridine rings is 2. The number of nitrogens with one attached hydrogen (secondary N) is 6. The van der Waals surface area contributed by atoms with E-state index in [0.717, 1.165) is 46.5 Å². The number of hydrogen-bond donors (Lipinski definition) is 8. The van der Waals surface area contributed by atoms with Crippen LogP contribution in [-0.2, 0) is 84.3 Å². The van der Waals surface area contributed by atoms with Gasteiger partial charge in [0, 0.05) is 77.5 Å². The first-order chi connectivity index (χ1) is 47.7. The van der Waals surface area contributed by atoms with E-state index >= 15 is 4.39 Å². The minimum Gasteiger partial charge on any atom is -0.458 e. The third-order valence-corrected chi connectivity index (χ3v) is 20.6. The molecule has 27 heteroatoms. The molecule has 6 aromatic rings. The maximum Gasteiger partial charge on any atom is 0.343 e. The Balaban J connectivity index is 0.548. The van der Waals surface area contributed by atoms with Gasteiger partial charge in [-0.2, -0.15) is 15.4 Å². The number of halogens is 1. The third kappa shape index (κ3) is 14.2. The summed E-state index contributed by atoms with van der Waals surface area (Å²) in [5.74, 6) is -4.32. The molecular weight excluding hydrogens is 1270 g/mol. The Bertz CT molecular complexity index is 4210. The summed E-state index contributed by atoms with van der Waals surface area (Å²) in [7, 11) is 0. The van der Waals surface area contributed by atoms with E-state index in [1.807, 2.05) is 53.4 Å². The highest BCUT2D eigenvalue weighted by atomic mass is 19.1. The number of benzene rings is 3. The Hall–Kier alpha value is -9.31. The second-order valence-corrected chi connectivity index (χ2v) is 27.3. The number of unbranched alkanes of at least 4 members (excludes halogenated alkanes) is 1. The first kappa shape index (κ1) is 69.6. The SMILES string of the molecule is CC[C@@]1(O)C(=O)OCc2c1cc1n(c2=O)Cc2c-1nc1cc(F)c(C)c3c1c2[C@@H](NC(=O)CNC(=O)[C@H](CCCCN)NC(=O)[C@@H](NC(=O)CCOCCOCCC(=O)N1CC2(CCC(C(=O)NCCC(=O)N4Cc5ccccc5-c5n[nH]nc5-c5ccccc54)CC2)C1)C(C)C)CC3. The van der Waals surface area contributed by atoms with Crippen molar-refractivity contribution in [1.82, 2.24) is 56.4 Å². The number of rotatable bonds is 26. The summed E-state index contributed by atoms with van der Waals surface area (Å²) in [4.78, 5) is 131. The molecule has 3 aromatic carbocycles. The zero-order valence-corrected chi connectivity index (χ0v) is 56.3. The van der Waals surface area contributed by atoms with Crippen LogP contribution in [-0.4, -0.2) is 154 Å². The van der Waals surface area contributed by atoms with Crippen molar-refractivity contribution < 1.29 is 62.1 Å². The molecule has 4 atom stereocenters. The molecule has 0 radical (unpaired) electrons. The molecule has 1 saturated carbocycles. The molecular formula is C72H86FN13O13. The molecule has 0 bridgehead atoms. The van der Waals surface area contributed by atoms with Gasteiger partial charge in [0.2, 0.25) is 41.4 Å². The van der Waals surface area contributed by atoms with Crippen LogP contribution in [0.25, 0.3) is 44.8 Å². The Morgan fingerprint density at radius 2 is 1.53 bits per heavy atom. The summed E-state index contributed by atoms with van der Waals surface area (Å²) in [6, 6.07) is 15.6. The second-order valence-electron chi connectivity index (χ2n) is 27.3. The summed E-state index contributed by atoms with van der Waals surface area (Å²) >= 11 is 0. The van der Waals surface area contributed by atoms with Gasteiger partial charge in [0.05, 0.1) is 86.7 Å². The zero-order valence-electron chi connectivity index (χ0n) is 56.3. The van der Waals surface area contributed by atoms with E-state index in [0.29, 0.717) is 109 Å². The lowest BCUT2D eigenvalue weighted by atomic mass is 9.65. The van der Waals surface area contributed by atoms with E-state index in [1.54, 1.807) is 38.7 Å². The molecule has 7 amide bonds. The quantitative estimate of drug-likeness (QED) is 0.0266. The first-order valence-electron chi connectivity index (χ1n) is 34.5. The lowest BCUT2D eigenvalue weighted by Gasteiger charge is -2.53. The number of anilines is 1. The number of carbonyl (C=O) groups is 8. The summed E-state index contributed by atoms with van der Waals surface area (Å²) in [5, 5.41) is 38.1. The number of aromatic nitrogens is 5. The van der Waals surface area contributed by atoms with Gasteiger partial charge < -0.3 is 66.0 Å². The number of esters is 1. The topological polar surface area (TPSA) is 354 Å². The normalized spacial score (nSPS) is 18.4. The van der Waals surface area contributed by atoms with Crippen LogP contribution in [0.3, 0.4) is 0 Å². The maximum absolute atomic E-state index is 15.5. The molecule has 1 spiro atoms. The van der Waals surface area contributed by atoms with Gasteiger partial charge in [0.25, 0.3) is 5.56 Å². The van der Waals surface area contributed by atoms with Crippen LogP contribution in [0.4, 0.5) is 10.1 Å². The number of aryl methyl sites for hydroxylation is 1. The molecule has 26 nitrogen and oxygen atoms in total. The van der Waals surface area contributed by atoms with E-state index in [1.165, 1.54) is 10.6 Å².